The summed E-state index contributed by atoms with van der Waals surface area (Å²) in [7, 11) is 0. The maximum atomic E-state index is 11.8. The van der Waals surface area contributed by atoms with Crippen LogP contribution in [-0.4, -0.2) is 45.5 Å². The van der Waals surface area contributed by atoms with Gasteiger partial charge in [0, 0.05) is 0 Å². The molecule has 2 fully saturated rings. The van der Waals surface area contributed by atoms with Crippen molar-refractivity contribution in [1.29, 1.82) is 0 Å². The minimum Gasteiger partial charge on any atom is -0.350 e. The summed E-state index contributed by atoms with van der Waals surface area (Å²) < 4.78 is 5.95. The number of hydrogen-bond donors (Lipinski definition) is 0. The third-order valence-corrected chi connectivity index (χ3v) is 4.55. The quantitative estimate of drug-likeness (QED) is 0.692. The van der Waals surface area contributed by atoms with Gasteiger partial charge < -0.3 is 9.64 Å². The monoisotopic (exact) mass is 283 g/mol. The molecule has 1 spiro atoms. The second kappa shape index (κ2) is 4.92. The van der Waals surface area contributed by atoms with E-state index in [-0.39, 0.29) is 17.7 Å². The Balaban J connectivity index is 2.05. The number of alkyl halides is 2. The Morgan fingerprint density at radius 2 is 2.12 bits per heavy atom. The summed E-state index contributed by atoms with van der Waals surface area (Å²) in [5, 5.41) is 0. The number of nitrogens with zero attached hydrogens (tertiary/aromatic N) is 1. The molecule has 0 aromatic carbocycles. The number of amides is 1. The predicted molar refractivity (Wildman–Crippen MR) is 67.0 cm³/mol. The van der Waals surface area contributed by atoms with E-state index in [4.69, 9.17) is 27.9 Å². The average molecular weight is 284 g/mol. The molecule has 2 heterocycles. The van der Waals surface area contributed by atoms with Crippen LogP contribution in [0, 0.1) is 0 Å². The molecule has 0 aromatic heterocycles. The highest BCUT2D eigenvalue weighted by atomic mass is 35.5. The van der Waals surface area contributed by atoms with Gasteiger partial charge in [0.05, 0.1) is 12.1 Å². The van der Waals surface area contributed by atoms with Crippen molar-refractivity contribution >= 4 is 40.9 Å². The SMILES string of the molecule is CC1OC2(CCSCC2)CN1C(=O)C(Cl)Cl. The van der Waals surface area contributed by atoms with Gasteiger partial charge in [-0.2, -0.15) is 11.8 Å². The van der Waals surface area contributed by atoms with Crippen LogP contribution < -0.4 is 0 Å². The van der Waals surface area contributed by atoms with Gasteiger partial charge >= 0.3 is 0 Å². The zero-order valence-corrected chi connectivity index (χ0v) is 11.4. The Hall–Kier alpha value is 0.360. The van der Waals surface area contributed by atoms with E-state index in [2.05, 4.69) is 0 Å². The van der Waals surface area contributed by atoms with Crippen LogP contribution in [0.4, 0.5) is 0 Å². The summed E-state index contributed by atoms with van der Waals surface area (Å²) in [6, 6.07) is 0. The van der Waals surface area contributed by atoms with Crippen molar-refractivity contribution in [3.05, 3.63) is 0 Å². The molecule has 2 saturated heterocycles. The molecule has 1 unspecified atom stereocenters. The maximum Gasteiger partial charge on any atom is 0.257 e. The molecule has 0 aliphatic carbocycles. The average Bonchev–Trinajstić information content (AvgIpc) is 2.55. The Morgan fingerprint density at radius 1 is 1.50 bits per heavy atom. The summed E-state index contributed by atoms with van der Waals surface area (Å²) in [6.07, 6.45) is 1.79. The zero-order chi connectivity index (χ0) is 11.8. The lowest BCUT2D eigenvalue weighted by molar-refractivity contribution is -0.134. The summed E-state index contributed by atoms with van der Waals surface area (Å²) in [6.45, 7) is 2.51. The molecule has 6 heteroatoms. The smallest absolute Gasteiger partial charge is 0.257 e. The second-order valence-corrected chi connectivity index (χ2v) is 6.60. The summed E-state index contributed by atoms with van der Waals surface area (Å²) in [5.74, 6) is 1.95. The third-order valence-electron chi connectivity index (χ3n) is 3.19. The number of ether oxygens (including phenoxy) is 1. The number of carbonyl (C=O) groups excluding carboxylic acids is 1. The highest BCUT2D eigenvalue weighted by molar-refractivity contribution is 7.99. The van der Waals surface area contributed by atoms with Gasteiger partial charge in [-0.05, 0) is 31.3 Å². The molecule has 0 radical (unpaired) electrons. The third kappa shape index (κ3) is 2.45. The Morgan fingerprint density at radius 3 is 2.69 bits per heavy atom. The van der Waals surface area contributed by atoms with Gasteiger partial charge in [0.15, 0.2) is 4.84 Å². The van der Waals surface area contributed by atoms with Gasteiger partial charge in [-0.3, -0.25) is 4.79 Å². The van der Waals surface area contributed by atoms with Crippen molar-refractivity contribution < 1.29 is 9.53 Å². The van der Waals surface area contributed by atoms with E-state index < -0.39 is 4.84 Å². The number of rotatable bonds is 1. The lowest BCUT2D eigenvalue weighted by atomic mass is 9.97. The highest BCUT2D eigenvalue weighted by Crippen LogP contribution is 2.38. The zero-order valence-electron chi connectivity index (χ0n) is 9.12. The Bertz CT molecular complexity index is 282. The fourth-order valence-electron chi connectivity index (χ4n) is 2.30. The molecule has 1 amide bonds. The van der Waals surface area contributed by atoms with Crippen LogP contribution in [0.25, 0.3) is 0 Å². The van der Waals surface area contributed by atoms with Crippen molar-refractivity contribution in [2.45, 2.75) is 36.4 Å². The normalized spacial score (nSPS) is 29.0. The molecule has 0 bridgehead atoms. The van der Waals surface area contributed by atoms with E-state index in [0.717, 1.165) is 24.3 Å². The number of carbonyl (C=O) groups is 1. The lowest BCUT2D eigenvalue weighted by Gasteiger charge is -2.31. The van der Waals surface area contributed by atoms with Crippen molar-refractivity contribution in [3.63, 3.8) is 0 Å². The van der Waals surface area contributed by atoms with E-state index in [1.807, 2.05) is 18.7 Å². The van der Waals surface area contributed by atoms with Crippen molar-refractivity contribution in [2.75, 3.05) is 18.1 Å². The predicted octanol–water partition coefficient (Wildman–Crippen LogP) is 2.26. The summed E-state index contributed by atoms with van der Waals surface area (Å²) in [5.41, 5.74) is -0.150. The number of halogens is 2. The molecular formula is C10H15Cl2NO2S. The van der Waals surface area contributed by atoms with Gasteiger partial charge in [-0.1, -0.05) is 23.2 Å². The lowest BCUT2D eigenvalue weighted by Crippen LogP contribution is -2.41. The molecule has 0 N–H and O–H groups in total. The van der Waals surface area contributed by atoms with Crippen LogP contribution in [-0.2, 0) is 9.53 Å². The first-order chi connectivity index (χ1) is 7.54. The minimum absolute atomic E-state index is 0.150. The van der Waals surface area contributed by atoms with Crippen LogP contribution in [0.3, 0.4) is 0 Å². The molecule has 0 aromatic rings. The van der Waals surface area contributed by atoms with E-state index >= 15 is 0 Å². The molecule has 2 rings (SSSR count). The second-order valence-electron chi connectivity index (χ2n) is 4.28. The fraction of sp³-hybridized carbons (Fsp3) is 0.900. The molecule has 2 aliphatic heterocycles. The van der Waals surface area contributed by atoms with Crippen LogP contribution in [0.1, 0.15) is 19.8 Å². The molecule has 3 nitrogen and oxygen atoms in total. The molecule has 92 valence electrons. The van der Waals surface area contributed by atoms with Crippen LogP contribution in [0.15, 0.2) is 0 Å². The molecule has 2 aliphatic rings. The minimum atomic E-state index is -0.987. The van der Waals surface area contributed by atoms with Gasteiger partial charge in [0.2, 0.25) is 0 Å². The van der Waals surface area contributed by atoms with Gasteiger partial charge in [-0.25, -0.2) is 0 Å². The van der Waals surface area contributed by atoms with E-state index in [0.29, 0.717) is 6.54 Å². The summed E-state index contributed by atoms with van der Waals surface area (Å²) in [4.78, 5) is 12.4. The van der Waals surface area contributed by atoms with E-state index in [1.165, 1.54) is 0 Å². The number of thioether (sulfide) groups is 1. The Labute approximate surface area is 110 Å². The first kappa shape index (κ1) is 12.8. The van der Waals surface area contributed by atoms with E-state index in [1.54, 1.807) is 4.90 Å². The van der Waals surface area contributed by atoms with Gasteiger partial charge in [0.1, 0.15) is 6.23 Å². The van der Waals surface area contributed by atoms with Crippen molar-refractivity contribution in [3.8, 4) is 0 Å². The molecular weight excluding hydrogens is 269 g/mol. The maximum absolute atomic E-state index is 11.8. The Kier molecular flexibility index (Phi) is 3.94. The van der Waals surface area contributed by atoms with Crippen molar-refractivity contribution in [2.24, 2.45) is 0 Å². The van der Waals surface area contributed by atoms with Gasteiger partial charge in [-0.15, -0.1) is 0 Å². The van der Waals surface area contributed by atoms with Crippen LogP contribution in [0.5, 0.6) is 0 Å². The topological polar surface area (TPSA) is 29.5 Å². The molecule has 16 heavy (non-hydrogen) atoms. The van der Waals surface area contributed by atoms with Crippen LogP contribution in [0.2, 0.25) is 0 Å². The van der Waals surface area contributed by atoms with Gasteiger partial charge in [0.25, 0.3) is 5.91 Å². The van der Waals surface area contributed by atoms with Crippen molar-refractivity contribution in [1.82, 2.24) is 4.90 Å². The van der Waals surface area contributed by atoms with E-state index in [9.17, 15) is 4.79 Å². The largest absolute Gasteiger partial charge is 0.350 e. The van der Waals surface area contributed by atoms with Crippen LogP contribution >= 0.6 is 35.0 Å². The molecule has 0 saturated carbocycles. The highest BCUT2D eigenvalue weighted by Gasteiger charge is 2.46. The number of hydrogen-bond acceptors (Lipinski definition) is 3. The first-order valence-corrected chi connectivity index (χ1v) is 7.41. The summed E-state index contributed by atoms with van der Waals surface area (Å²) >= 11 is 13.2. The fourth-order valence-corrected chi connectivity index (χ4v) is 3.79. The standard InChI is InChI=1S/C10H15Cl2NO2S/c1-7-13(9(14)8(11)12)6-10(15-7)2-4-16-5-3-10/h7-8H,2-6H2,1H3. The first-order valence-electron chi connectivity index (χ1n) is 5.38. The molecule has 1 atom stereocenters.